The Balaban J connectivity index is 0. The summed E-state index contributed by atoms with van der Waals surface area (Å²) in [6.45, 7) is 12.4. The van der Waals surface area contributed by atoms with E-state index < -0.39 is 0 Å². The topological polar surface area (TPSA) is 22.1 Å². The van der Waals surface area contributed by atoms with Crippen LogP contribution in [0, 0.1) is 6.92 Å². The second kappa shape index (κ2) is 12.0. The average Bonchev–Trinajstić information content (AvgIpc) is 2.32. The van der Waals surface area contributed by atoms with E-state index in [0.717, 1.165) is 17.9 Å². The number of methoxy groups -OCH3 is 1. The van der Waals surface area contributed by atoms with Gasteiger partial charge in [0.2, 0.25) is 5.88 Å². The Morgan fingerprint density at radius 1 is 1.19 bits per heavy atom. The monoisotopic (exact) mass is 225 g/mol. The van der Waals surface area contributed by atoms with Crippen LogP contribution in [0.4, 0.5) is 0 Å². The molecular weight excluding hydrogens is 198 g/mol. The van der Waals surface area contributed by atoms with Gasteiger partial charge in [-0.15, -0.1) is 0 Å². The van der Waals surface area contributed by atoms with Crippen molar-refractivity contribution in [3.05, 3.63) is 23.4 Å². The number of ether oxygens (including phenoxy) is 1. The van der Waals surface area contributed by atoms with Crippen molar-refractivity contribution in [1.29, 1.82) is 0 Å². The SMILES string of the molecule is CC.CCC.CCc1cnc(OC)c(C)c1. The van der Waals surface area contributed by atoms with Gasteiger partial charge in [-0.2, -0.15) is 0 Å². The maximum atomic E-state index is 5.03. The molecule has 0 saturated carbocycles. The molecular formula is C14H27NO. The molecule has 16 heavy (non-hydrogen) atoms. The first-order valence-corrected chi connectivity index (χ1v) is 6.19. The summed E-state index contributed by atoms with van der Waals surface area (Å²) in [4.78, 5) is 4.15. The second-order valence-corrected chi connectivity index (χ2v) is 3.23. The average molecular weight is 225 g/mol. The molecule has 0 N–H and O–H groups in total. The summed E-state index contributed by atoms with van der Waals surface area (Å²) in [5, 5.41) is 0. The number of aryl methyl sites for hydroxylation is 2. The molecule has 0 unspecified atom stereocenters. The van der Waals surface area contributed by atoms with Crippen LogP contribution in [0.2, 0.25) is 0 Å². The molecule has 0 radical (unpaired) electrons. The molecule has 0 aliphatic carbocycles. The van der Waals surface area contributed by atoms with Crippen molar-refractivity contribution in [3.63, 3.8) is 0 Å². The summed E-state index contributed by atoms with van der Waals surface area (Å²) < 4.78 is 5.03. The summed E-state index contributed by atoms with van der Waals surface area (Å²) in [5.74, 6) is 0.724. The Morgan fingerprint density at radius 3 is 2.00 bits per heavy atom. The lowest BCUT2D eigenvalue weighted by Crippen LogP contribution is -1.92. The Kier molecular flexibility index (Phi) is 13.0. The minimum Gasteiger partial charge on any atom is -0.481 e. The maximum Gasteiger partial charge on any atom is 0.215 e. The van der Waals surface area contributed by atoms with Gasteiger partial charge in [-0.1, -0.05) is 41.0 Å². The first kappa shape index (κ1) is 17.3. The van der Waals surface area contributed by atoms with Crippen molar-refractivity contribution in [1.82, 2.24) is 4.98 Å². The quantitative estimate of drug-likeness (QED) is 0.744. The molecule has 0 atom stereocenters. The van der Waals surface area contributed by atoms with Crippen LogP contribution in [0.25, 0.3) is 0 Å². The predicted molar refractivity (Wildman–Crippen MR) is 72.2 cm³/mol. The number of aromatic nitrogens is 1. The van der Waals surface area contributed by atoms with Gasteiger partial charge in [0.1, 0.15) is 0 Å². The molecule has 0 aliphatic heterocycles. The first-order chi connectivity index (χ1) is 7.69. The van der Waals surface area contributed by atoms with Crippen molar-refractivity contribution < 1.29 is 4.74 Å². The fraction of sp³-hybridized carbons (Fsp3) is 0.643. The zero-order valence-corrected chi connectivity index (χ0v) is 11.9. The van der Waals surface area contributed by atoms with E-state index >= 15 is 0 Å². The van der Waals surface area contributed by atoms with Gasteiger partial charge in [0.25, 0.3) is 0 Å². The Hall–Kier alpha value is -1.05. The van der Waals surface area contributed by atoms with Gasteiger partial charge >= 0.3 is 0 Å². The molecule has 1 heterocycles. The molecule has 1 aromatic heterocycles. The number of pyridine rings is 1. The van der Waals surface area contributed by atoms with Crippen LogP contribution < -0.4 is 4.74 Å². The summed E-state index contributed by atoms with van der Waals surface area (Å²) in [6.07, 6.45) is 4.13. The molecule has 1 aromatic rings. The third-order valence-corrected chi connectivity index (χ3v) is 1.69. The highest BCUT2D eigenvalue weighted by molar-refractivity contribution is 5.28. The Bertz CT molecular complexity index is 259. The van der Waals surface area contributed by atoms with E-state index in [0.29, 0.717) is 0 Å². The zero-order valence-electron chi connectivity index (χ0n) is 11.9. The van der Waals surface area contributed by atoms with Crippen molar-refractivity contribution in [2.24, 2.45) is 0 Å². The highest BCUT2D eigenvalue weighted by Gasteiger charge is 1.98. The highest BCUT2D eigenvalue weighted by atomic mass is 16.5. The van der Waals surface area contributed by atoms with Crippen LogP contribution in [0.1, 0.15) is 52.2 Å². The third-order valence-electron chi connectivity index (χ3n) is 1.69. The van der Waals surface area contributed by atoms with Crippen molar-refractivity contribution in [2.75, 3.05) is 7.11 Å². The summed E-state index contributed by atoms with van der Waals surface area (Å²) in [7, 11) is 1.64. The van der Waals surface area contributed by atoms with Crippen LogP contribution in [-0.4, -0.2) is 12.1 Å². The molecule has 0 saturated heterocycles. The van der Waals surface area contributed by atoms with Crippen molar-refractivity contribution >= 4 is 0 Å². The maximum absolute atomic E-state index is 5.03. The molecule has 2 nitrogen and oxygen atoms in total. The first-order valence-electron chi connectivity index (χ1n) is 6.19. The minimum atomic E-state index is 0.724. The van der Waals surface area contributed by atoms with E-state index in [1.165, 1.54) is 12.0 Å². The lowest BCUT2D eigenvalue weighted by Gasteiger charge is -2.03. The van der Waals surface area contributed by atoms with E-state index in [1.807, 2.05) is 27.0 Å². The molecule has 2 heteroatoms. The predicted octanol–water partition coefficient (Wildman–Crippen LogP) is 4.40. The summed E-state index contributed by atoms with van der Waals surface area (Å²) in [5.41, 5.74) is 2.36. The van der Waals surface area contributed by atoms with Crippen molar-refractivity contribution in [2.45, 2.75) is 54.4 Å². The molecule has 94 valence electrons. The lowest BCUT2D eigenvalue weighted by atomic mass is 10.2. The lowest BCUT2D eigenvalue weighted by molar-refractivity contribution is 0.394. The van der Waals surface area contributed by atoms with Gasteiger partial charge in [-0.25, -0.2) is 4.98 Å². The number of nitrogens with zero attached hydrogens (tertiary/aromatic N) is 1. The molecule has 0 amide bonds. The smallest absolute Gasteiger partial charge is 0.215 e. The van der Waals surface area contributed by atoms with E-state index in [-0.39, 0.29) is 0 Å². The van der Waals surface area contributed by atoms with Crippen LogP contribution in [-0.2, 0) is 6.42 Å². The van der Waals surface area contributed by atoms with Crippen LogP contribution in [0.15, 0.2) is 12.3 Å². The van der Waals surface area contributed by atoms with Gasteiger partial charge < -0.3 is 4.74 Å². The molecule has 0 aromatic carbocycles. The Labute approximate surface area is 101 Å². The highest BCUT2D eigenvalue weighted by Crippen LogP contribution is 2.14. The molecule has 0 bridgehead atoms. The number of rotatable bonds is 2. The normalized spacial score (nSPS) is 8.19. The van der Waals surface area contributed by atoms with Gasteiger partial charge in [-0.3, -0.25) is 0 Å². The van der Waals surface area contributed by atoms with E-state index in [2.05, 4.69) is 31.8 Å². The number of hydrogen-bond acceptors (Lipinski definition) is 2. The molecule has 0 fully saturated rings. The van der Waals surface area contributed by atoms with Crippen molar-refractivity contribution in [3.8, 4) is 5.88 Å². The zero-order chi connectivity index (χ0) is 13.0. The number of hydrogen-bond donors (Lipinski definition) is 0. The fourth-order valence-corrected chi connectivity index (χ4v) is 1.03. The molecule has 0 spiro atoms. The van der Waals surface area contributed by atoms with Gasteiger partial charge in [-0.05, 0) is 25.0 Å². The standard InChI is InChI=1S/C9H13NO.C3H8.C2H6/c1-4-8-5-7(2)9(11-3)10-6-8;1-3-2;1-2/h5-6H,4H2,1-3H3;3H2,1-2H3;1-2H3. The fourth-order valence-electron chi connectivity index (χ4n) is 1.03. The third kappa shape index (κ3) is 7.27. The van der Waals surface area contributed by atoms with Crippen LogP contribution in [0.5, 0.6) is 5.88 Å². The second-order valence-electron chi connectivity index (χ2n) is 3.23. The summed E-state index contributed by atoms with van der Waals surface area (Å²) in [6, 6.07) is 2.10. The molecule has 0 aliphatic rings. The van der Waals surface area contributed by atoms with Gasteiger partial charge in [0.15, 0.2) is 0 Å². The van der Waals surface area contributed by atoms with Crippen LogP contribution >= 0.6 is 0 Å². The van der Waals surface area contributed by atoms with E-state index in [9.17, 15) is 0 Å². The summed E-state index contributed by atoms with van der Waals surface area (Å²) >= 11 is 0. The Morgan fingerprint density at radius 2 is 1.69 bits per heavy atom. The molecule has 1 rings (SSSR count). The largest absolute Gasteiger partial charge is 0.481 e. The van der Waals surface area contributed by atoms with Gasteiger partial charge in [0.05, 0.1) is 7.11 Å². The van der Waals surface area contributed by atoms with E-state index in [4.69, 9.17) is 4.74 Å². The minimum absolute atomic E-state index is 0.724. The van der Waals surface area contributed by atoms with Crippen LogP contribution in [0.3, 0.4) is 0 Å². The van der Waals surface area contributed by atoms with Gasteiger partial charge in [0, 0.05) is 11.8 Å². The van der Waals surface area contributed by atoms with E-state index in [1.54, 1.807) is 7.11 Å².